The minimum atomic E-state index is -0.541. The van der Waals surface area contributed by atoms with E-state index in [1.165, 1.54) is 25.3 Å². The van der Waals surface area contributed by atoms with E-state index < -0.39 is 10.8 Å². The van der Waals surface area contributed by atoms with Crippen molar-refractivity contribution in [3.63, 3.8) is 0 Å². The highest BCUT2D eigenvalue weighted by atomic mass is 16.6. The summed E-state index contributed by atoms with van der Waals surface area (Å²) >= 11 is 0. The van der Waals surface area contributed by atoms with Crippen LogP contribution in [0.2, 0.25) is 0 Å². The van der Waals surface area contributed by atoms with Gasteiger partial charge in [-0.25, -0.2) is 0 Å². The van der Waals surface area contributed by atoms with Crippen LogP contribution in [0.1, 0.15) is 27.0 Å². The summed E-state index contributed by atoms with van der Waals surface area (Å²) in [4.78, 5) is 22.7. The highest BCUT2D eigenvalue weighted by molar-refractivity contribution is 5.97. The van der Waals surface area contributed by atoms with Crippen LogP contribution < -0.4 is 10.1 Å². The standard InChI is InChI=1S/C17H18N2O4/c1-11-4-5-13(12(2)8-11)10-18-17(20)15-9-14(19(21)22)6-7-16(15)23-3/h4-9H,10H2,1-3H3,(H,18,20). The maximum absolute atomic E-state index is 12.3. The molecule has 0 bridgehead atoms. The maximum atomic E-state index is 12.3. The molecular weight excluding hydrogens is 296 g/mol. The van der Waals surface area contributed by atoms with E-state index in [1.54, 1.807) is 0 Å². The smallest absolute Gasteiger partial charge is 0.270 e. The van der Waals surface area contributed by atoms with Crippen molar-refractivity contribution < 1.29 is 14.5 Å². The van der Waals surface area contributed by atoms with E-state index in [4.69, 9.17) is 4.74 Å². The van der Waals surface area contributed by atoms with Crippen molar-refractivity contribution >= 4 is 11.6 Å². The molecule has 23 heavy (non-hydrogen) atoms. The van der Waals surface area contributed by atoms with Gasteiger partial charge in [0.25, 0.3) is 11.6 Å². The van der Waals surface area contributed by atoms with Crippen LogP contribution in [0.3, 0.4) is 0 Å². The van der Waals surface area contributed by atoms with Crippen LogP contribution in [0.4, 0.5) is 5.69 Å². The first-order chi connectivity index (χ1) is 10.9. The van der Waals surface area contributed by atoms with Gasteiger partial charge in [0.15, 0.2) is 0 Å². The second-order valence-corrected chi connectivity index (χ2v) is 5.25. The number of ether oxygens (including phenoxy) is 1. The molecule has 120 valence electrons. The molecule has 1 N–H and O–H groups in total. The van der Waals surface area contributed by atoms with Crippen LogP contribution in [0, 0.1) is 24.0 Å². The Morgan fingerprint density at radius 1 is 1.22 bits per heavy atom. The average Bonchev–Trinajstić information content (AvgIpc) is 2.53. The second-order valence-electron chi connectivity index (χ2n) is 5.25. The summed E-state index contributed by atoms with van der Waals surface area (Å²) in [5, 5.41) is 13.6. The van der Waals surface area contributed by atoms with Crippen LogP contribution >= 0.6 is 0 Å². The predicted octanol–water partition coefficient (Wildman–Crippen LogP) is 3.15. The highest BCUT2D eigenvalue weighted by Crippen LogP contribution is 2.24. The van der Waals surface area contributed by atoms with Gasteiger partial charge in [0.2, 0.25) is 0 Å². The van der Waals surface area contributed by atoms with E-state index in [0.717, 1.165) is 16.7 Å². The molecule has 0 atom stereocenters. The van der Waals surface area contributed by atoms with Crippen molar-refractivity contribution in [3.8, 4) is 5.75 Å². The largest absolute Gasteiger partial charge is 0.496 e. The molecule has 6 nitrogen and oxygen atoms in total. The molecule has 0 aliphatic rings. The number of nitro benzene ring substituents is 1. The van der Waals surface area contributed by atoms with Gasteiger partial charge in [-0.2, -0.15) is 0 Å². The summed E-state index contributed by atoms with van der Waals surface area (Å²) in [5.41, 5.74) is 3.22. The topological polar surface area (TPSA) is 81.5 Å². The van der Waals surface area contributed by atoms with Crippen molar-refractivity contribution in [2.24, 2.45) is 0 Å². The van der Waals surface area contributed by atoms with E-state index in [2.05, 4.69) is 5.32 Å². The fourth-order valence-corrected chi connectivity index (χ4v) is 2.30. The zero-order valence-corrected chi connectivity index (χ0v) is 13.3. The third-order valence-corrected chi connectivity index (χ3v) is 3.58. The lowest BCUT2D eigenvalue weighted by molar-refractivity contribution is -0.384. The molecule has 0 aliphatic carbocycles. The number of rotatable bonds is 5. The predicted molar refractivity (Wildman–Crippen MR) is 86.7 cm³/mol. The zero-order valence-electron chi connectivity index (χ0n) is 13.3. The van der Waals surface area contributed by atoms with Gasteiger partial charge >= 0.3 is 0 Å². The zero-order chi connectivity index (χ0) is 17.0. The maximum Gasteiger partial charge on any atom is 0.270 e. The van der Waals surface area contributed by atoms with Crippen LogP contribution in [0.15, 0.2) is 36.4 Å². The van der Waals surface area contributed by atoms with Crippen LogP contribution in [-0.2, 0) is 6.54 Å². The van der Waals surface area contributed by atoms with Gasteiger partial charge in [0, 0.05) is 18.7 Å². The number of carbonyl (C=O) groups is 1. The minimum absolute atomic E-state index is 0.145. The van der Waals surface area contributed by atoms with Crippen LogP contribution in [0.5, 0.6) is 5.75 Å². The Kier molecular flexibility index (Phi) is 4.95. The summed E-state index contributed by atoms with van der Waals surface area (Å²) < 4.78 is 5.11. The quantitative estimate of drug-likeness (QED) is 0.679. The Labute approximate surface area is 134 Å². The number of nitrogens with one attached hydrogen (secondary N) is 1. The number of aryl methyl sites for hydroxylation is 2. The van der Waals surface area contributed by atoms with Gasteiger partial charge < -0.3 is 10.1 Å². The fraction of sp³-hybridized carbons (Fsp3) is 0.235. The van der Waals surface area contributed by atoms with Crippen LogP contribution in [0.25, 0.3) is 0 Å². The molecule has 0 fully saturated rings. The summed E-state index contributed by atoms with van der Waals surface area (Å²) in [6.07, 6.45) is 0. The number of nitrogens with zero attached hydrogens (tertiary/aromatic N) is 1. The van der Waals surface area contributed by atoms with Gasteiger partial charge in [-0.3, -0.25) is 14.9 Å². The molecule has 0 radical (unpaired) electrons. The Hall–Kier alpha value is -2.89. The molecule has 2 aromatic carbocycles. The Balaban J connectivity index is 2.19. The number of methoxy groups -OCH3 is 1. The lowest BCUT2D eigenvalue weighted by Gasteiger charge is -2.11. The van der Waals surface area contributed by atoms with E-state index in [1.807, 2.05) is 32.0 Å². The molecule has 6 heteroatoms. The third-order valence-electron chi connectivity index (χ3n) is 3.58. The number of hydrogen-bond acceptors (Lipinski definition) is 4. The lowest BCUT2D eigenvalue weighted by Crippen LogP contribution is -2.24. The first kappa shape index (κ1) is 16.5. The van der Waals surface area contributed by atoms with Crippen molar-refractivity contribution in [1.29, 1.82) is 0 Å². The fourth-order valence-electron chi connectivity index (χ4n) is 2.30. The van der Waals surface area contributed by atoms with Crippen molar-refractivity contribution in [2.75, 3.05) is 7.11 Å². The summed E-state index contributed by atoms with van der Waals surface area (Å²) in [5.74, 6) is -0.112. The SMILES string of the molecule is COc1ccc([N+](=O)[O-])cc1C(=O)NCc1ccc(C)cc1C. The summed E-state index contributed by atoms with van der Waals surface area (Å²) in [6, 6.07) is 9.91. The Bertz CT molecular complexity index is 756. The molecule has 0 heterocycles. The number of non-ortho nitro benzene ring substituents is 1. The molecule has 0 saturated carbocycles. The highest BCUT2D eigenvalue weighted by Gasteiger charge is 2.17. The molecule has 0 spiro atoms. The van der Waals surface area contributed by atoms with Crippen LogP contribution in [-0.4, -0.2) is 17.9 Å². The van der Waals surface area contributed by atoms with Gasteiger partial charge in [0.1, 0.15) is 5.75 Å². The summed E-state index contributed by atoms with van der Waals surface area (Å²) in [7, 11) is 1.42. The minimum Gasteiger partial charge on any atom is -0.496 e. The van der Waals surface area contributed by atoms with Crippen molar-refractivity contribution in [3.05, 3.63) is 68.8 Å². The van der Waals surface area contributed by atoms with Gasteiger partial charge in [-0.15, -0.1) is 0 Å². The molecule has 2 aromatic rings. The number of amides is 1. The van der Waals surface area contributed by atoms with Gasteiger partial charge in [-0.05, 0) is 31.0 Å². The monoisotopic (exact) mass is 314 g/mol. The lowest BCUT2D eigenvalue weighted by atomic mass is 10.1. The molecule has 1 amide bonds. The third kappa shape index (κ3) is 3.85. The Morgan fingerprint density at radius 3 is 2.57 bits per heavy atom. The summed E-state index contributed by atoms with van der Waals surface area (Å²) in [6.45, 7) is 4.32. The van der Waals surface area contributed by atoms with Crippen molar-refractivity contribution in [1.82, 2.24) is 5.32 Å². The van der Waals surface area contributed by atoms with Gasteiger partial charge in [-0.1, -0.05) is 23.8 Å². The van der Waals surface area contributed by atoms with Gasteiger partial charge in [0.05, 0.1) is 17.6 Å². The molecular formula is C17H18N2O4. The number of carbonyl (C=O) groups excluding carboxylic acids is 1. The number of benzene rings is 2. The number of nitro groups is 1. The van der Waals surface area contributed by atoms with E-state index >= 15 is 0 Å². The normalized spacial score (nSPS) is 10.2. The van der Waals surface area contributed by atoms with Crippen molar-refractivity contribution in [2.45, 2.75) is 20.4 Å². The average molecular weight is 314 g/mol. The Morgan fingerprint density at radius 2 is 1.96 bits per heavy atom. The molecule has 0 saturated heterocycles. The molecule has 2 rings (SSSR count). The van der Waals surface area contributed by atoms with E-state index in [9.17, 15) is 14.9 Å². The number of hydrogen-bond donors (Lipinski definition) is 1. The molecule has 0 aromatic heterocycles. The first-order valence-electron chi connectivity index (χ1n) is 7.09. The van der Waals surface area contributed by atoms with E-state index in [-0.39, 0.29) is 11.3 Å². The first-order valence-corrected chi connectivity index (χ1v) is 7.09. The van der Waals surface area contributed by atoms with E-state index in [0.29, 0.717) is 12.3 Å². The second kappa shape index (κ2) is 6.91. The molecule has 0 aliphatic heterocycles. The molecule has 0 unspecified atom stereocenters.